The van der Waals surface area contributed by atoms with E-state index >= 15 is 0 Å². The van der Waals surface area contributed by atoms with Crippen molar-refractivity contribution in [2.24, 2.45) is 0 Å². The number of methoxy groups -OCH3 is 1. The number of nitrogens with zero attached hydrogens (tertiary/aromatic N) is 1. The normalized spacial score (nSPS) is 10.4. The fraction of sp³-hybridized carbons (Fsp3) is 0.182. The second kappa shape index (κ2) is 5.03. The Morgan fingerprint density at radius 1 is 1.61 bits per heavy atom. The third kappa shape index (κ3) is 2.23. The molecule has 0 aliphatic rings. The maximum Gasteiger partial charge on any atom is 0.342 e. The number of ether oxygens (including phenoxy) is 1. The lowest BCUT2D eigenvalue weighted by atomic mass is 10.2. The van der Waals surface area contributed by atoms with Crippen LogP contribution in [-0.2, 0) is 4.74 Å². The maximum atomic E-state index is 11.5. The van der Waals surface area contributed by atoms with E-state index in [1.54, 1.807) is 13.0 Å². The summed E-state index contributed by atoms with van der Waals surface area (Å²) >= 11 is 8.37. The number of hydrogen-bond acceptors (Lipinski definition) is 5. The molecule has 2 aromatic heterocycles. The molecular weight excluding hydrogens is 320 g/mol. The third-order valence-corrected chi connectivity index (χ3v) is 3.28. The molecule has 18 heavy (non-hydrogen) atoms. The topological polar surface area (TPSA) is 68.1 Å². The molecule has 2 rings (SSSR count). The molecule has 94 valence electrons. The molecule has 0 saturated carbocycles. The molecule has 5 nitrogen and oxygen atoms in total. The minimum atomic E-state index is -0.501. The summed E-state index contributed by atoms with van der Waals surface area (Å²) in [6.45, 7) is 1.74. The summed E-state index contributed by atoms with van der Waals surface area (Å²) in [6, 6.07) is 1.74. The van der Waals surface area contributed by atoms with Crippen LogP contribution in [0.15, 0.2) is 21.4 Å². The average molecular weight is 329 g/mol. The number of esters is 1. The zero-order valence-corrected chi connectivity index (χ0v) is 12.0. The Balaban J connectivity index is 2.60. The van der Waals surface area contributed by atoms with Crippen LogP contribution >= 0.6 is 28.1 Å². The Morgan fingerprint density at radius 3 is 2.83 bits per heavy atom. The van der Waals surface area contributed by atoms with Crippen molar-refractivity contribution < 1.29 is 13.9 Å². The van der Waals surface area contributed by atoms with Crippen molar-refractivity contribution in [3.8, 4) is 11.4 Å². The molecule has 0 unspecified atom stereocenters. The van der Waals surface area contributed by atoms with Gasteiger partial charge in [0.2, 0.25) is 0 Å². The Hall–Kier alpha value is -1.47. The first-order chi connectivity index (χ1) is 8.54. The van der Waals surface area contributed by atoms with Crippen LogP contribution in [0.25, 0.3) is 11.4 Å². The van der Waals surface area contributed by atoms with Crippen molar-refractivity contribution in [1.82, 2.24) is 9.97 Å². The maximum absolute atomic E-state index is 11.5. The van der Waals surface area contributed by atoms with Crippen LogP contribution in [0, 0.1) is 11.6 Å². The summed E-state index contributed by atoms with van der Waals surface area (Å²) in [6.07, 6.45) is 1.53. The van der Waals surface area contributed by atoms with Gasteiger partial charge in [0, 0.05) is 5.69 Å². The Bertz CT molecular complexity index is 663. The highest BCUT2D eigenvalue weighted by Gasteiger charge is 2.16. The van der Waals surface area contributed by atoms with Gasteiger partial charge in [0.15, 0.2) is 4.67 Å². The van der Waals surface area contributed by atoms with Crippen LogP contribution in [0.1, 0.15) is 16.1 Å². The molecule has 0 saturated heterocycles. The van der Waals surface area contributed by atoms with Crippen molar-refractivity contribution in [3.63, 3.8) is 0 Å². The molecule has 0 aromatic carbocycles. The van der Waals surface area contributed by atoms with E-state index in [0.29, 0.717) is 16.2 Å². The van der Waals surface area contributed by atoms with Gasteiger partial charge in [-0.25, -0.2) is 9.78 Å². The molecule has 2 heterocycles. The van der Waals surface area contributed by atoms with Gasteiger partial charge in [-0.3, -0.25) is 0 Å². The Labute approximate surface area is 116 Å². The highest BCUT2D eigenvalue weighted by atomic mass is 79.9. The predicted molar refractivity (Wildman–Crippen MR) is 70.9 cm³/mol. The highest BCUT2D eigenvalue weighted by molar-refractivity contribution is 9.10. The minimum absolute atomic E-state index is 0.196. The first kappa shape index (κ1) is 13.0. The monoisotopic (exact) mass is 328 g/mol. The van der Waals surface area contributed by atoms with E-state index in [1.165, 1.54) is 13.4 Å². The molecule has 0 bridgehead atoms. The van der Waals surface area contributed by atoms with E-state index in [9.17, 15) is 4.79 Å². The molecule has 0 fully saturated rings. The van der Waals surface area contributed by atoms with Gasteiger partial charge in [0.25, 0.3) is 0 Å². The van der Waals surface area contributed by atoms with Crippen LogP contribution in [0.3, 0.4) is 0 Å². The van der Waals surface area contributed by atoms with Crippen molar-refractivity contribution in [3.05, 3.63) is 32.9 Å². The van der Waals surface area contributed by atoms with Crippen LogP contribution in [0.5, 0.6) is 0 Å². The predicted octanol–water partition coefficient (Wildman–Crippen LogP) is 3.26. The number of H-pyrrole nitrogens is 1. The second-order valence-corrected chi connectivity index (χ2v) is 4.60. The summed E-state index contributed by atoms with van der Waals surface area (Å²) in [4.78, 5) is 18.7. The Kier molecular flexibility index (Phi) is 3.63. The minimum Gasteiger partial charge on any atom is -0.465 e. The highest BCUT2D eigenvalue weighted by Crippen LogP contribution is 2.27. The molecule has 0 amide bonds. The number of nitrogens with one attached hydrogen (secondary N) is 1. The van der Waals surface area contributed by atoms with E-state index in [-0.39, 0.29) is 10.2 Å². The lowest BCUT2D eigenvalue weighted by Gasteiger charge is -2.06. The number of hydrogen-bond donors (Lipinski definition) is 1. The number of aryl methyl sites for hydroxylation is 1. The Morgan fingerprint density at radius 2 is 2.33 bits per heavy atom. The van der Waals surface area contributed by atoms with Gasteiger partial charge >= 0.3 is 5.97 Å². The van der Waals surface area contributed by atoms with Crippen molar-refractivity contribution in [2.75, 3.05) is 7.11 Å². The summed E-state index contributed by atoms with van der Waals surface area (Å²) in [7, 11) is 1.30. The number of carbonyl (C=O) groups is 1. The van der Waals surface area contributed by atoms with Gasteiger partial charge < -0.3 is 14.1 Å². The van der Waals surface area contributed by atoms with E-state index in [2.05, 4.69) is 30.6 Å². The molecule has 0 aliphatic heterocycles. The number of aromatic amines is 1. The van der Waals surface area contributed by atoms with Gasteiger partial charge in [0.05, 0.1) is 18.9 Å². The number of rotatable bonds is 2. The summed E-state index contributed by atoms with van der Waals surface area (Å²) in [5, 5.41) is 0. The van der Waals surface area contributed by atoms with Crippen molar-refractivity contribution in [2.45, 2.75) is 6.92 Å². The first-order valence-corrected chi connectivity index (χ1v) is 6.17. The van der Waals surface area contributed by atoms with Crippen molar-refractivity contribution >= 4 is 34.1 Å². The summed E-state index contributed by atoms with van der Waals surface area (Å²) in [5.41, 5.74) is 1.61. The van der Waals surface area contributed by atoms with E-state index in [1.807, 2.05) is 0 Å². The zero-order valence-electron chi connectivity index (χ0n) is 9.61. The van der Waals surface area contributed by atoms with Crippen LogP contribution in [0.2, 0.25) is 0 Å². The van der Waals surface area contributed by atoms with Gasteiger partial charge in [-0.15, -0.1) is 0 Å². The van der Waals surface area contributed by atoms with Crippen LogP contribution < -0.4 is 0 Å². The fourth-order valence-electron chi connectivity index (χ4n) is 1.52. The molecule has 0 atom stereocenters. The second-order valence-electron chi connectivity index (χ2n) is 3.49. The average Bonchev–Trinajstić information content (AvgIpc) is 2.74. The van der Waals surface area contributed by atoms with Crippen molar-refractivity contribution in [1.29, 1.82) is 0 Å². The fourth-order valence-corrected chi connectivity index (χ4v) is 2.27. The van der Waals surface area contributed by atoms with Gasteiger partial charge in [0.1, 0.15) is 16.0 Å². The van der Waals surface area contributed by atoms with Gasteiger partial charge in [-0.05, 0) is 28.9 Å². The zero-order chi connectivity index (χ0) is 13.3. The first-order valence-electron chi connectivity index (χ1n) is 4.97. The molecule has 0 radical (unpaired) electrons. The van der Waals surface area contributed by atoms with E-state index < -0.39 is 5.97 Å². The van der Waals surface area contributed by atoms with E-state index in [0.717, 1.165) is 5.56 Å². The largest absolute Gasteiger partial charge is 0.465 e. The number of furan rings is 1. The quantitative estimate of drug-likeness (QED) is 0.677. The molecule has 0 spiro atoms. The number of aromatic nitrogens is 2. The smallest absolute Gasteiger partial charge is 0.342 e. The van der Waals surface area contributed by atoms with Gasteiger partial charge in [-0.1, -0.05) is 12.2 Å². The summed E-state index contributed by atoms with van der Waals surface area (Å²) in [5.74, 6) is 0.0323. The lowest BCUT2D eigenvalue weighted by molar-refractivity contribution is 0.0598. The SMILES string of the molecule is COC(=O)c1c(C)[nH]c(-c2ccoc2Br)nc1=S. The standard InChI is InChI=1S/C11H9BrN2O3S/c1-5-7(11(15)16-2)10(18)14-9(13-5)6-3-4-17-8(6)12/h3-4H,1-2H3,(H,13,14,18). The number of halogens is 1. The number of carbonyl (C=O) groups excluding carboxylic acids is 1. The molecular formula is C11H9BrN2O3S. The van der Waals surface area contributed by atoms with Gasteiger partial charge in [-0.2, -0.15) is 0 Å². The van der Waals surface area contributed by atoms with Crippen LogP contribution in [-0.4, -0.2) is 23.0 Å². The molecule has 7 heteroatoms. The van der Waals surface area contributed by atoms with E-state index in [4.69, 9.17) is 16.6 Å². The molecule has 0 aliphatic carbocycles. The molecule has 2 aromatic rings. The lowest BCUT2D eigenvalue weighted by Crippen LogP contribution is -2.08. The summed E-state index contributed by atoms with van der Waals surface area (Å²) < 4.78 is 10.5. The van der Waals surface area contributed by atoms with Crippen LogP contribution in [0.4, 0.5) is 0 Å². The molecule has 1 N–H and O–H groups in total. The third-order valence-electron chi connectivity index (χ3n) is 2.37.